The van der Waals surface area contributed by atoms with Crippen molar-refractivity contribution in [1.29, 1.82) is 5.26 Å². The van der Waals surface area contributed by atoms with Crippen LogP contribution in [0.15, 0.2) is 77.6 Å². The lowest BCUT2D eigenvalue weighted by atomic mass is 10.1. The summed E-state index contributed by atoms with van der Waals surface area (Å²) >= 11 is 13.4. The van der Waals surface area contributed by atoms with Gasteiger partial charge >= 0.3 is 6.18 Å². The molecule has 0 atom stereocenters. The molecule has 2 aromatic heterocycles. The second-order valence-electron chi connectivity index (χ2n) is 10.2. The third kappa shape index (κ3) is 6.72. The molecule has 1 amide bonds. The number of halogens is 5. The maximum absolute atomic E-state index is 14.2. The SMILES string of the molecule is CCOc1ccccc1NC(=O)/C(C#N)=c1/s/c(=C\c2cc(C)n(-c3cc(Cl)ccc3Cl)c2C)c(=O)n1-c1ccccc1C(F)(F)F. The van der Waals surface area contributed by atoms with Crippen molar-refractivity contribution in [2.75, 3.05) is 11.9 Å². The minimum Gasteiger partial charge on any atom is -0.492 e. The summed E-state index contributed by atoms with van der Waals surface area (Å²) in [6.45, 7) is 5.67. The maximum Gasteiger partial charge on any atom is 0.418 e. The van der Waals surface area contributed by atoms with Crippen molar-refractivity contribution in [3.05, 3.63) is 125 Å². The number of para-hydroxylation sites is 3. The molecule has 0 radical (unpaired) electrons. The summed E-state index contributed by atoms with van der Waals surface area (Å²) in [5, 5.41) is 13.7. The van der Waals surface area contributed by atoms with Gasteiger partial charge in [0.2, 0.25) is 0 Å². The Hall–Kier alpha value is -4.76. The van der Waals surface area contributed by atoms with Gasteiger partial charge in [0.1, 0.15) is 16.5 Å². The van der Waals surface area contributed by atoms with E-state index in [1.165, 1.54) is 18.2 Å². The Balaban J connectivity index is 1.79. The number of carbonyl (C=O) groups is 1. The number of hydrogen-bond acceptors (Lipinski definition) is 5. The monoisotopic (exact) mass is 696 g/mol. The highest BCUT2D eigenvalue weighted by Gasteiger charge is 2.34. The molecular formula is C34H25Cl2F3N4O3S. The van der Waals surface area contributed by atoms with Crippen LogP contribution in [0.2, 0.25) is 10.0 Å². The van der Waals surface area contributed by atoms with Gasteiger partial charge in [0.15, 0.2) is 5.57 Å². The number of nitrogens with zero attached hydrogens (tertiary/aromatic N) is 3. The standard InChI is InChI=1S/C34H25Cl2F3N4O3S/c1-4-46-29-12-8-6-10-26(29)41-31(44)23(18-40)33-43(27-11-7-5-9-24(27)34(37,38)39)32(45)30(47-33)16-21-15-19(2)42(20(21)3)28-17-22(35)13-14-25(28)36/h5-17H,4H2,1-3H3,(H,41,44)/b30-16-,33-23+. The van der Waals surface area contributed by atoms with Crippen molar-refractivity contribution >= 4 is 57.8 Å². The van der Waals surface area contributed by atoms with Crippen molar-refractivity contribution in [3.8, 4) is 23.2 Å². The molecule has 0 fully saturated rings. The summed E-state index contributed by atoms with van der Waals surface area (Å²) in [4.78, 5) is 27.6. The third-order valence-electron chi connectivity index (χ3n) is 7.17. The number of thiazole rings is 1. The van der Waals surface area contributed by atoms with E-state index in [0.717, 1.165) is 33.7 Å². The molecule has 0 saturated heterocycles. The van der Waals surface area contributed by atoms with Gasteiger partial charge in [-0.05, 0) is 80.9 Å². The second-order valence-corrected chi connectivity index (χ2v) is 12.1. The Morgan fingerprint density at radius 1 is 1.02 bits per heavy atom. The Labute approximate surface area is 281 Å². The van der Waals surface area contributed by atoms with E-state index in [0.29, 0.717) is 39.3 Å². The lowest BCUT2D eigenvalue weighted by molar-refractivity contribution is -0.137. The van der Waals surface area contributed by atoms with Crippen molar-refractivity contribution in [1.82, 2.24) is 9.13 Å². The zero-order valence-corrected chi connectivity index (χ0v) is 27.4. The van der Waals surface area contributed by atoms with E-state index in [1.807, 2.05) is 17.6 Å². The molecule has 2 heterocycles. The van der Waals surface area contributed by atoms with Crippen LogP contribution in [0, 0.1) is 25.2 Å². The highest BCUT2D eigenvalue weighted by atomic mass is 35.5. The van der Waals surface area contributed by atoms with E-state index in [-0.39, 0.29) is 14.9 Å². The predicted octanol–water partition coefficient (Wildman–Crippen LogP) is 7.17. The van der Waals surface area contributed by atoms with Crippen LogP contribution in [0.5, 0.6) is 5.75 Å². The fourth-order valence-electron chi connectivity index (χ4n) is 5.11. The number of alkyl halides is 3. The number of rotatable bonds is 7. The fourth-order valence-corrected chi connectivity index (χ4v) is 6.57. The van der Waals surface area contributed by atoms with Gasteiger partial charge in [0.25, 0.3) is 11.5 Å². The number of aryl methyl sites for hydroxylation is 1. The van der Waals surface area contributed by atoms with Gasteiger partial charge in [-0.15, -0.1) is 11.3 Å². The van der Waals surface area contributed by atoms with E-state index in [2.05, 4.69) is 5.32 Å². The van der Waals surface area contributed by atoms with Crippen LogP contribution in [-0.4, -0.2) is 21.6 Å². The molecule has 7 nitrogen and oxygen atoms in total. The van der Waals surface area contributed by atoms with Crippen LogP contribution in [0.3, 0.4) is 0 Å². The average molecular weight is 698 g/mol. The van der Waals surface area contributed by atoms with Gasteiger partial charge in [-0.3, -0.25) is 14.2 Å². The minimum absolute atomic E-state index is 0.00955. The van der Waals surface area contributed by atoms with Gasteiger partial charge in [-0.25, -0.2) is 0 Å². The topological polar surface area (TPSA) is 89.1 Å². The van der Waals surface area contributed by atoms with Crippen molar-refractivity contribution in [3.63, 3.8) is 0 Å². The molecule has 0 aliphatic rings. The van der Waals surface area contributed by atoms with Crippen molar-refractivity contribution < 1.29 is 22.7 Å². The number of aromatic nitrogens is 2. The summed E-state index contributed by atoms with van der Waals surface area (Å²) in [5.41, 5.74) is -0.231. The number of nitriles is 1. The summed E-state index contributed by atoms with van der Waals surface area (Å²) in [7, 11) is 0. The van der Waals surface area contributed by atoms with Crippen LogP contribution >= 0.6 is 34.5 Å². The highest BCUT2D eigenvalue weighted by molar-refractivity contribution is 7.07. The second kappa shape index (κ2) is 13.5. The van der Waals surface area contributed by atoms with E-state index in [9.17, 15) is 28.0 Å². The normalized spacial score (nSPS) is 12.5. The first-order valence-corrected chi connectivity index (χ1v) is 15.6. The first kappa shape index (κ1) is 33.6. The Kier molecular flexibility index (Phi) is 9.68. The van der Waals surface area contributed by atoms with Crippen LogP contribution in [0.4, 0.5) is 18.9 Å². The van der Waals surface area contributed by atoms with E-state index in [1.54, 1.807) is 62.4 Å². The Morgan fingerprint density at radius 3 is 2.43 bits per heavy atom. The molecule has 1 N–H and O–H groups in total. The number of carbonyl (C=O) groups excluding carboxylic acids is 1. The Bertz CT molecular complexity index is 2250. The lowest BCUT2D eigenvalue weighted by Gasteiger charge is -2.13. The molecule has 240 valence electrons. The van der Waals surface area contributed by atoms with Crippen LogP contribution in [0.1, 0.15) is 29.4 Å². The highest BCUT2D eigenvalue weighted by Crippen LogP contribution is 2.33. The van der Waals surface area contributed by atoms with Gasteiger partial charge < -0.3 is 14.6 Å². The number of nitrogens with one attached hydrogen (secondary N) is 1. The zero-order valence-electron chi connectivity index (χ0n) is 25.1. The summed E-state index contributed by atoms with van der Waals surface area (Å²) in [5.74, 6) is -0.602. The van der Waals surface area contributed by atoms with Gasteiger partial charge in [-0.1, -0.05) is 47.5 Å². The van der Waals surface area contributed by atoms with Crippen molar-refractivity contribution in [2.24, 2.45) is 0 Å². The van der Waals surface area contributed by atoms with Gasteiger partial charge in [0.05, 0.1) is 38.8 Å². The summed E-state index contributed by atoms with van der Waals surface area (Å²) < 4.78 is 50.5. The predicted molar refractivity (Wildman–Crippen MR) is 178 cm³/mol. The smallest absolute Gasteiger partial charge is 0.418 e. The molecule has 13 heteroatoms. The van der Waals surface area contributed by atoms with Crippen LogP contribution in [-0.2, 0) is 11.0 Å². The number of ether oxygens (including phenoxy) is 1. The number of benzene rings is 3. The van der Waals surface area contributed by atoms with Gasteiger partial charge in [0, 0.05) is 16.4 Å². The fraction of sp³-hybridized carbons (Fsp3) is 0.147. The molecule has 0 aliphatic carbocycles. The average Bonchev–Trinajstić information content (AvgIpc) is 3.49. The molecule has 0 aliphatic heterocycles. The molecule has 0 bridgehead atoms. The minimum atomic E-state index is -4.84. The zero-order chi connectivity index (χ0) is 34.0. The molecule has 0 spiro atoms. The number of amides is 1. The summed E-state index contributed by atoms with van der Waals surface area (Å²) in [6.07, 6.45) is -3.33. The quantitative estimate of drug-likeness (QED) is 0.195. The van der Waals surface area contributed by atoms with Crippen LogP contribution in [0.25, 0.3) is 23.0 Å². The number of hydrogen-bond donors (Lipinski definition) is 1. The number of anilines is 1. The van der Waals surface area contributed by atoms with Gasteiger partial charge in [-0.2, -0.15) is 18.4 Å². The molecule has 5 rings (SSSR count). The molecule has 5 aromatic rings. The molecule has 47 heavy (non-hydrogen) atoms. The Morgan fingerprint density at radius 2 is 1.72 bits per heavy atom. The molecule has 0 unspecified atom stereocenters. The summed E-state index contributed by atoms with van der Waals surface area (Å²) in [6, 6.07) is 19.6. The largest absolute Gasteiger partial charge is 0.492 e. The van der Waals surface area contributed by atoms with E-state index < -0.39 is 34.5 Å². The first-order valence-electron chi connectivity index (χ1n) is 14.1. The first-order chi connectivity index (χ1) is 22.3. The lowest BCUT2D eigenvalue weighted by Crippen LogP contribution is -2.33. The third-order valence-corrected chi connectivity index (χ3v) is 8.81. The molecule has 0 saturated carbocycles. The molecular weight excluding hydrogens is 672 g/mol. The maximum atomic E-state index is 14.2. The van der Waals surface area contributed by atoms with Crippen LogP contribution < -0.4 is 24.8 Å². The van der Waals surface area contributed by atoms with E-state index in [4.69, 9.17) is 27.9 Å². The molecule has 3 aromatic carbocycles. The van der Waals surface area contributed by atoms with Crippen molar-refractivity contribution in [2.45, 2.75) is 26.9 Å². The van der Waals surface area contributed by atoms with E-state index >= 15 is 0 Å².